The third-order valence-corrected chi connectivity index (χ3v) is 4.07. The van der Waals surface area contributed by atoms with Crippen molar-refractivity contribution < 1.29 is 4.79 Å². The number of carbonyl (C=O) groups is 1. The van der Waals surface area contributed by atoms with Crippen molar-refractivity contribution in [3.05, 3.63) is 95.2 Å². The van der Waals surface area contributed by atoms with Gasteiger partial charge in [0.25, 0.3) is 5.91 Å². The third kappa shape index (κ3) is 4.67. The van der Waals surface area contributed by atoms with Crippen molar-refractivity contribution in [2.24, 2.45) is 0 Å². The number of hydrogen-bond acceptors (Lipinski definition) is 3. The Labute approximate surface area is 147 Å². The first-order valence-electron chi connectivity index (χ1n) is 8.33. The topological polar surface area (TPSA) is 68.0 Å². The molecule has 0 aliphatic carbocycles. The zero-order chi connectivity index (χ0) is 17.5. The number of hydrogen-bond donors (Lipinski definition) is 2. The number of aromatic nitrogens is 1. The van der Waals surface area contributed by atoms with Crippen LogP contribution in [0.4, 0.5) is 5.82 Å². The Morgan fingerprint density at radius 3 is 2.40 bits per heavy atom. The van der Waals surface area contributed by atoms with Crippen LogP contribution in [-0.4, -0.2) is 10.9 Å². The van der Waals surface area contributed by atoms with Crippen molar-refractivity contribution in [2.75, 3.05) is 5.73 Å². The highest BCUT2D eigenvalue weighted by atomic mass is 16.1. The van der Waals surface area contributed by atoms with E-state index in [9.17, 15) is 4.79 Å². The van der Waals surface area contributed by atoms with Crippen molar-refractivity contribution in [3.8, 4) is 0 Å². The number of anilines is 1. The molecule has 4 heteroatoms. The fraction of sp³-hybridized carbons (Fsp3) is 0.143. The maximum atomic E-state index is 12.2. The van der Waals surface area contributed by atoms with Crippen LogP contribution in [0.3, 0.4) is 0 Å². The van der Waals surface area contributed by atoms with Gasteiger partial charge in [0.2, 0.25) is 0 Å². The van der Waals surface area contributed by atoms with E-state index in [1.54, 1.807) is 18.3 Å². The van der Waals surface area contributed by atoms with E-state index < -0.39 is 0 Å². The van der Waals surface area contributed by atoms with Crippen LogP contribution in [0, 0.1) is 0 Å². The van der Waals surface area contributed by atoms with Crippen LogP contribution in [0.5, 0.6) is 0 Å². The molecule has 0 radical (unpaired) electrons. The minimum Gasteiger partial charge on any atom is -0.383 e. The minimum absolute atomic E-state index is 0.208. The fourth-order valence-corrected chi connectivity index (χ4v) is 2.72. The van der Waals surface area contributed by atoms with Crippen LogP contribution in [0.2, 0.25) is 0 Å². The highest BCUT2D eigenvalue weighted by Gasteiger charge is 2.09. The number of amides is 1. The summed E-state index contributed by atoms with van der Waals surface area (Å²) >= 11 is 0. The molecular formula is C21H21N3O. The Hall–Kier alpha value is -3.14. The van der Waals surface area contributed by atoms with Gasteiger partial charge in [-0.1, -0.05) is 54.6 Å². The van der Waals surface area contributed by atoms with E-state index in [1.807, 2.05) is 18.2 Å². The molecule has 126 valence electrons. The first kappa shape index (κ1) is 16.7. The lowest BCUT2D eigenvalue weighted by atomic mass is 10.0. The summed E-state index contributed by atoms with van der Waals surface area (Å²) in [6.45, 7) is 0.465. The van der Waals surface area contributed by atoms with Gasteiger partial charge in [0.15, 0.2) is 0 Å². The van der Waals surface area contributed by atoms with Crippen LogP contribution in [0.15, 0.2) is 72.9 Å². The van der Waals surface area contributed by atoms with E-state index in [0.29, 0.717) is 12.1 Å². The largest absolute Gasteiger partial charge is 0.383 e. The molecular weight excluding hydrogens is 310 g/mol. The predicted molar refractivity (Wildman–Crippen MR) is 100 cm³/mol. The highest BCUT2D eigenvalue weighted by Crippen LogP contribution is 2.11. The maximum absolute atomic E-state index is 12.2. The Bertz CT molecular complexity index is 847. The van der Waals surface area contributed by atoms with Gasteiger partial charge in [0.1, 0.15) is 5.82 Å². The summed E-state index contributed by atoms with van der Waals surface area (Å²) in [6, 6.07) is 22.1. The van der Waals surface area contributed by atoms with Crippen LogP contribution in [0.1, 0.15) is 27.0 Å². The number of aryl methyl sites for hydroxylation is 2. The molecule has 2 aromatic carbocycles. The molecule has 0 aliphatic heterocycles. The summed E-state index contributed by atoms with van der Waals surface area (Å²) in [5, 5.41) is 2.90. The first-order valence-corrected chi connectivity index (χ1v) is 8.33. The molecule has 0 unspecified atom stereocenters. The van der Waals surface area contributed by atoms with Crippen molar-refractivity contribution in [1.29, 1.82) is 0 Å². The quantitative estimate of drug-likeness (QED) is 0.727. The molecule has 0 saturated heterocycles. The van der Waals surface area contributed by atoms with E-state index in [4.69, 9.17) is 5.73 Å². The van der Waals surface area contributed by atoms with Crippen molar-refractivity contribution in [1.82, 2.24) is 10.3 Å². The second-order valence-corrected chi connectivity index (χ2v) is 5.92. The fourth-order valence-electron chi connectivity index (χ4n) is 2.72. The molecule has 3 N–H and O–H groups in total. The van der Waals surface area contributed by atoms with Gasteiger partial charge < -0.3 is 11.1 Å². The normalized spacial score (nSPS) is 10.4. The maximum Gasteiger partial charge on any atom is 0.255 e. The summed E-state index contributed by atoms with van der Waals surface area (Å²) < 4.78 is 0. The molecule has 3 aromatic rings. The third-order valence-electron chi connectivity index (χ3n) is 4.07. The number of pyridine rings is 1. The average Bonchev–Trinajstić information content (AvgIpc) is 2.66. The molecule has 0 spiro atoms. The van der Waals surface area contributed by atoms with Gasteiger partial charge in [-0.05, 0) is 41.7 Å². The summed E-state index contributed by atoms with van der Waals surface area (Å²) in [4.78, 5) is 16.1. The molecule has 0 bridgehead atoms. The molecule has 1 heterocycles. The monoisotopic (exact) mass is 331 g/mol. The van der Waals surface area contributed by atoms with E-state index >= 15 is 0 Å². The predicted octanol–water partition coefficient (Wildman–Crippen LogP) is 3.38. The van der Waals surface area contributed by atoms with Gasteiger partial charge in [-0.15, -0.1) is 0 Å². The standard InChI is InChI=1S/C21H21N3O/c22-20-19(10-5-13-23-20)21(25)24-15-18-9-4-8-17(14-18)12-11-16-6-2-1-3-7-16/h1-10,13-14H,11-12,15H2,(H2,22,23)(H,24,25). The van der Waals surface area contributed by atoms with Crippen molar-refractivity contribution in [3.63, 3.8) is 0 Å². The number of rotatable bonds is 6. The van der Waals surface area contributed by atoms with Crippen LogP contribution in [0.25, 0.3) is 0 Å². The lowest BCUT2D eigenvalue weighted by Crippen LogP contribution is -2.24. The Morgan fingerprint density at radius 1 is 0.880 bits per heavy atom. The van der Waals surface area contributed by atoms with E-state index in [1.165, 1.54) is 11.1 Å². The molecule has 4 nitrogen and oxygen atoms in total. The molecule has 1 aromatic heterocycles. The molecule has 0 atom stereocenters. The Kier molecular flexibility index (Phi) is 5.42. The lowest BCUT2D eigenvalue weighted by molar-refractivity contribution is 0.0951. The van der Waals surface area contributed by atoms with Crippen molar-refractivity contribution >= 4 is 11.7 Å². The summed E-state index contributed by atoms with van der Waals surface area (Å²) in [7, 11) is 0. The van der Waals surface area contributed by atoms with Crippen molar-refractivity contribution in [2.45, 2.75) is 19.4 Å². The first-order chi connectivity index (χ1) is 12.2. The summed E-state index contributed by atoms with van der Waals surface area (Å²) in [6.07, 6.45) is 3.55. The van der Waals surface area contributed by atoms with Crippen LogP contribution in [-0.2, 0) is 19.4 Å². The average molecular weight is 331 g/mol. The molecule has 1 amide bonds. The second-order valence-electron chi connectivity index (χ2n) is 5.92. The minimum atomic E-state index is -0.208. The Morgan fingerprint density at radius 2 is 1.60 bits per heavy atom. The SMILES string of the molecule is Nc1ncccc1C(=O)NCc1cccc(CCc2ccccc2)c1. The van der Waals surface area contributed by atoms with E-state index in [-0.39, 0.29) is 11.7 Å². The van der Waals surface area contributed by atoms with Gasteiger partial charge in [-0.3, -0.25) is 4.79 Å². The van der Waals surface area contributed by atoms with Gasteiger partial charge in [-0.25, -0.2) is 4.98 Å². The number of nitrogen functional groups attached to an aromatic ring is 1. The molecule has 0 aliphatic rings. The van der Waals surface area contributed by atoms with Crippen LogP contribution < -0.4 is 11.1 Å². The van der Waals surface area contributed by atoms with Gasteiger partial charge in [0, 0.05) is 12.7 Å². The van der Waals surface area contributed by atoms with E-state index in [0.717, 1.165) is 18.4 Å². The van der Waals surface area contributed by atoms with Gasteiger partial charge >= 0.3 is 0 Å². The van der Waals surface area contributed by atoms with Gasteiger partial charge in [-0.2, -0.15) is 0 Å². The van der Waals surface area contributed by atoms with Gasteiger partial charge in [0.05, 0.1) is 5.56 Å². The highest BCUT2D eigenvalue weighted by molar-refractivity contribution is 5.98. The number of nitrogens with zero attached hydrogens (tertiary/aromatic N) is 1. The summed E-state index contributed by atoms with van der Waals surface area (Å²) in [5.41, 5.74) is 9.80. The van der Waals surface area contributed by atoms with Crippen LogP contribution >= 0.6 is 0 Å². The molecule has 3 rings (SSSR count). The number of benzene rings is 2. The zero-order valence-electron chi connectivity index (χ0n) is 14.0. The lowest BCUT2D eigenvalue weighted by Gasteiger charge is -2.09. The zero-order valence-corrected chi connectivity index (χ0v) is 14.0. The second kappa shape index (κ2) is 8.11. The Balaban J connectivity index is 1.58. The van der Waals surface area contributed by atoms with E-state index in [2.05, 4.69) is 46.7 Å². The molecule has 0 saturated carbocycles. The molecule has 25 heavy (non-hydrogen) atoms. The molecule has 0 fully saturated rings. The number of nitrogens with one attached hydrogen (secondary N) is 1. The summed E-state index contributed by atoms with van der Waals surface area (Å²) in [5.74, 6) is 0.0388. The smallest absolute Gasteiger partial charge is 0.255 e. The number of carbonyl (C=O) groups excluding carboxylic acids is 1. The number of nitrogens with two attached hydrogens (primary N) is 1.